The molecule has 84 valence electrons. The fraction of sp³-hybridized carbons (Fsp3) is 0.538. The van der Waals surface area contributed by atoms with E-state index in [4.69, 9.17) is 0 Å². The highest BCUT2D eigenvalue weighted by Gasteiger charge is 2.06. The zero-order valence-corrected chi connectivity index (χ0v) is 9.83. The van der Waals surface area contributed by atoms with Crippen LogP contribution in [0.5, 0.6) is 5.75 Å². The van der Waals surface area contributed by atoms with Crippen LogP contribution in [-0.2, 0) is 6.54 Å². The summed E-state index contributed by atoms with van der Waals surface area (Å²) in [4.78, 5) is 0. The summed E-state index contributed by atoms with van der Waals surface area (Å²) in [6.07, 6.45) is 0. The number of aromatic hydroxyl groups is 1. The first-order valence-corrected chi connectivity index (χ1v) is 5.59. The Bertz CT molecular complexity index is 296. The topological polar surface area (TPSA) is 32.3 Å². The molecule has 1 rings (SSSR count). The molecule has 0 aromatic heterocycles. The molecule has 0 bridgehead atoms. The van der Waals surface area contributed by atoms with E-state index in [0.717, 1.165) is 18.7 Å². The molecule has 0 heterocycles. The van der Waals surface area contributed by atoms with Crippen molar-refractivity contribution in [2.75, 3.05) is 6.54 Å². The van der Waals surface area contributed by atoms with E-state index in [1.807, 2.05) is 18.2 Å². The van der Waals surface area contributed by atoms with E-state index in [9.17, 15) is 5.11 Å². The maximum Gasteiger partial charge on any atom is 0.120 e. The van der Waals surface area contributed by atoms with Crippen LogP contribution < -0.4 is 5.32 Å². The predicted octanol–water partition coefficient (Wildman–Crippen LogP) is 2.77. The lowest BCUT2D eigenvalue weighted by molar-refractivity contribution is 0.389. The molecule has 15 heavy (non-hydrogen) atoms. The summed E-state index contributed by atoms with van der Waals surface area (Å²) in [6, 6.07) is 7.46. The second-order valence-corrected chi connectivity index (χ2v) is 4.48. The Balaban J connectivity index is 2.35. The fourth-order valence-corrected chi connectivity index (χ4v) is 1.33. The van der Waals surface area contributed by atoms with Crippen molar-refractivity contribution in [2.45, 2.75) is 27.3 Å². The number of phenolic OH excluding ortho intramolecular Hbond substituents is 1. The zero-order valence-electron chi connectivity index (χ0n) is 9.83. The van der Waals surface area contributed by atoms with Gasteiger partial charge in [0.25, 0.3) is 0 Å². The molecule has 1 aromatic rings. The van der Waals surface area contributed by atoms with Gasteiger partial charge in [0.05, 0.1) is 0 Å². The van der Waals surface area contributed by atoms with Crippen molar-refractivity contribution in [1.82, 2.24) is 5.32 Å². The van der Waals surface area contributed by atoms with Crippen LogP contribution in [0.4, 0.5) is 0 Å². The molecule has 0 amide bonds. The molecule has 0 aliphatic rings. The highest BCUT2D eigenvalue weighted by molar-refractivity contribution is 5.31. The van der Waals surface area contributed by atoms with Crippen LogP contribution >= 0.6 is 0 Å². The van der Waals surface area contributed by atoms with E-state index in [2.05, 4.69) is 26.1 Å². The first-order valence-electron chi connectivity index (χ1n) is 5.59. The normalized spacial score (nSPS) is 13.1. The molecule has 0 unspecified atom stereocenters. The third-order valence-corrected chi connectivity index (χ3v) is 2.91. The highest BCUT2D eigenvalue weighted by atomic mass is 16.3. The van der Waals surface area contributed by atoms with Crippen molar-refractivity contribution in [3.63, 3.8) is 0 Å². The molecule has 0 spiro atoms. The van der Waals surface area contributed by atoms with Gasteiger partial charge in [-0.15, -0.1) is 0 Å². The van der Waals surface area contributed by atoms with E-state index < -0.39 is 0 Å². The van der Waals surface area contributed by atoms with Crippen LogP contribution in [0, 0.1) is 11.8 Å². The van der Waals surface area contributed by atoms with Gasteiger partial charge in [0.15, 0.2) is 0 Å². The summed E-state index contributed by atoms with van der Waals surface area (Å²) < 4.78 is 0. The van der Waals surface area contributed by atoms with Crippen LogP contribution in [0.25, 0.3) is 0 Å². The second-order valence-electron chi connectivity index (χ2n) is 4.48. The third-order valence-electron chi connectivity index (χ3n) is 2.91. The SMILES string of the molecule is CC(C)[C@@H](C)CNCc1ccccc1O. The molecule has 1 aromatic carbocycles. The third kappa shape index (κ3) is 3.92. The number of rotatable bonds is 5. The number of phenols is 1. The van der Waals surface area contributed by atoms with Crippen LogP contribution in [0.15, 0.2) is 24.3 Å². The van der Waals surface area contributed by atoms with Crippen molar-refractivity contribution in [3.05, 3.63) is 29.8 Å². The lowest BCUT2D eigenvalue weighted by Gasteiger charge is -2.16. The van der Waals surface area contributed by atoms with Crippen molar-refractivity contribution < 1.29 is 5.11 Å². The van der Waals surface area contributed by atoms with Gasteiger partial charge in [0.1, 0.15) is 5.75 Å². The van der Waals surface area contributed by atoms with Gasteiger partial charge in [-0.05, 0) is 24.4 Å². The number of nitrogens with one attached hydrogen (secondary N) is 1. The standard InChI is InChI=1S/C13H21NO/c1-10(2)11(3)8-14-9-12-6-4-5-7-13(12)15/h4-7,10-11,14-15H,8-9H2,1-3H3/t11-/m0/s1. The number of hydrogen-bond acceptors (Lipinski definition) is 2. The molecule has 1 atom stereocenters. The fourth-order valence-electron chi connectivity index (χ4n) is 1.33. The summed E-state index contributed by atoms with van der Waals surface area (Å²) in [5.74, 6) is 1.74. The Morgan fingerprint density at radius 2 is 1.87 bits per heavy atom. The molecular weight excluding hydrogens is 186 g/mol. The molecule has 0 aliphatic heterocycles. The summed E-state index contributed by atoms with van der Waals surface area (Å²) in [5, 5.41) is 12.9. The van der Waals surface area contributed by atoms with Crippen molar-refractivity contribution in [3.8, 4) is 5.75 Å². The Morgan fingerprint density at radius 3 is 2.47 bits per heavy atom. The monoisotopic (exact) mass is 207 g/mol. The van der Waals surface area contributed by atoms with Gasteiger partial charge in [-0.25, -0.2) is 0 Å². The van der Waals surface area contributed by atoms with E-state index in [0.29, 0.717) is 17.6 Å². The summed E-state index contributed by atoms with van der Waals surface area (Å²) in [7, 11) is 0. The number of benzene rings is 1. The Morgan fingerprint density at radius 1 is 1.20 bits per heavy atom. The van der Waals surface area contributed by atoms with Gasteiger partial charge in [0.2, 0.25) is 0 Å². The number of hydrogen-bond donors (Lipinski definition) is 2. The van der Waals surface area contributed by atoms with Gasteiger partial charge in [-0.3, -0.25) is 0 Å². The molecule has 2 heteroatoms. The van der Waals surface area contributed by atoms with Crippen molar-refractivity contribution in [2.24, 2.45) is 11.8 Å². The van der Waals surface area contributed by atoms with Crippen LogP contribution in [0.3, 0.4) is 0 Å². The second kappa shape index (κ2) is 5.76. The van der Waals surface area contributed by atoms with Crippen LogP contribution in [0.2, 0.25) is 0 Å². The average Bonchev–Trinajstić information content (AvgIpc) is 2.20. The van der Waals surface area contributed by atoms with Crippen LogP contribution in [0.1, 0.15) is 26.3 Å². The average molecular weight is 207 g/mol. The predicted molar refractivity (Wildman–Crippen MR) is 63.8 cm³/mol. The number of para-hydroxylation sites is 1. The summed E-state index contributed by atoms with van der Waals surface area (Å²) in [5.41, 5.74) is 0.966. The van der Waals surface area contributed by atoms with Gasteiger partial charge < -0.3 is 10.4 Å². The van der Waals surface area contributed by atoms with Gasteiger partial charge in [0, 0.05) is 12.1 Å². The molecule has 2 nitrogen and oxygen atoms in total. The molecule has 0 saturated carbocycles. The summed E-state index contributed by atoms with van der Waals surface area (Å²) >= 11 is 0. The van der Waals surface area contributed by atoms with E-state index in [1.54, 1.807) is 6.07 Å². The lowest BCUT2D eigenvalue weighted by Crippen LogP contribution is -2.23. The van der Waals surface area contributed by atoms with Crippen molar-refractivity contribution in [1.29, 1.82) is 0 Å². The molecular formula is C13H21NO. The zero-order chi connectivity index (χ0) is 11.3. The van der Waals surface area contributed by atoms with Gasteiger partial charge in [-0.2, -0.15) is 0 Å². The molecule has 0 radical (unpaired) electrons. The minimum Gasteiger partial charge on any atom is -0.508 e. The van der Waals surface area contributed by atoms with Gasteiger partial charge >= 0.3 is 0 Å². The van der Waals surface area contributed by atoms with E-state index >= 15 is 0 Å². The highest BCUT2D eigenvalue weighted by Crippen LogP contribution is 2.15. The lowest BCUT2D eigenvalue weighted by atomic mass is 9.98. The van der Waals surface area contributed by atoms with Gasteiger partial charge in [-0.1, -0.05) is 39.0 Å². The largest absolute Gasteiger partial charge is 0.508 e. The molecule has 0 fully saturated rings. The Hall–Kier alpha value is -1.02. The molecule has 0 saturated heterocycles. The maximum atomic E-state index is 9.54. The quantitative estimate of drug-likeness (QED) is 0.778. The smallest absolute Gasteiger partial charge is 0.120 e. The van der Waals surface area contributed by atoms with E-state index in [1.165, 1.54) is 0 Å². The van der Waals surface area contributed by atoms with Crippen LogP contribution in [-0.4, -0.2) is 11.7 Å². The minimum atomic E-state index is 0.377. The maximum absolute atomic E-state index is 9.54. The Labute approximate surface area is 92.3 Å². The van der Waals surface area contributed by atoms with Crippen molar-refractivity contribution >= 4 is 0 Å². The first kappa shape index (κ1) is 12.1. The summed E-state index contributed by atoms with van der Waals surface area (Å²) in [6.45, 7) is 8.43. The molecule has 0 aliphatic carbocycles. The molecule has 2 N–H and O–H groups in total. The van der Waals surface area contributed by atoms with E-state index in [-0.39, 0.29) is 0 Å². The minimum absolute atomic E-state index is 0.377. The first-order chi connectivity index (χ1) is 7.11. The Kier molecular flexibility index (Phi) is 4.63.